The second-order valence-corrected chi connectivity index (χ2v) is 7.48. The second-order valence-electron chi connectivity index (χ2n) is 7.48. The quantitative estimate of drug-likeness (QED) is 0.854. The number of carbonyl (C=O) groups excluding carboxylic acids is 1. The Labute approximate surface area is 166 Å². The number of nitrogens with zero attached hydrogens (tertiary/aromatic N) is 2. The minimum absolute atomic E-state index is 0.0451. The minimum atomic E-state index is -0.809. The maximum absolute atomic E-state index is 12.6. The molecule has 1 fully saturated rings. The first-order valence-electron chi connectivity index (χ1n) is 9.82. The van der Waals surface area contributed by atoms with Gasteiger partial charge in [-0.3, -0.25) is 4.79 Å². The lowest BCUT2D eigenvalue weighted by Gasteiger charge is -2.35. The SMILES string of the molecule is Cc1ccccc1C1(O)CCCN(C(=O)CNc2cccc(C#N)c2)CCC1. The van der Waals surface area contributed by atoms with Gasteiger partial charge in [-0.1, -0.05) is 30.3 Å². The molecule has 0 unspecified atom stereocenters. The number of nitriles is 1. The van der Waals surface area contributed by atoms with Crippen LogP contribution in [0.1, 0.15) is 42.4 Å². The molecule has 0 aromatic heterocycles. The summed E-state index contributed by atoms with van der Waals surface area (Å²) in [7, 11) is 0. The first kappa shape index (κ1) is 19.9. The fourth-order valence-corrected chi connectivity index (χ4v) is 3.96. The molecule has 0 spiro atoms. The zero-order valence-corrected chi connectivity index (χ0v) is 16.3. The predicted octanol–water partition coefficient (Wildman–Crippen LogP) is 3.57. The van der Waals surface area contributed by atoms with Gasteiger partial charge in [0.2, 0.25) is 5.91 Å². The number of carbonyl (C=O) groups is 1. The first-order chi connectivity index (χ1) is 13.5. The molecule has 28 heavy (non-hydrogen) atoms. The van der Waals surface area contributed by atoms with Crippen molar-refractivity contribution in [1.82, 2.24) is 4.90 Å². The van der Waals surface area contributed by atoms with E-state index in [2.05, 4.69) is 11.4 Å². The van der Waals surface area contributed by atoms with Crippen molar-refractivity contribution in [3.8, 4) is 6.07 Å². The molecular weight excluding hydrogens is 350 g/mol. The van der Waals surface area contributed by atoms with E-state index in [0.29, 0.717) is 31.5 Å². The van der Waals surface area contributed by atoms with Crippen LogP contribution in [0.4, 0.5) is 5.69 Å². The normalized spacial score (nSPS) is 16.5. The molecule has 1 amide bonds. The molecule has 1 saturated heterocycles. The van der Waals surface area contributed by atoms with Crippen LogP contribution in [0.15, 0.2) is 48.5 Å². The van der Waals surface area contributed by atoms with Gasteiger partial charge in [-0.05, 0) is 61.9 Å². The van der Waals surface area contributed by atoms with Gasteiger partial charge in [0.05, 0.1) is 23.8 Å². The van der Waals surface area contributed by atoms with E-state index < -0.39 is 5.60 Å². The smallest absolute Gasteiger partial charge is 0.241 e. The predicted molar refractivity (Wildman–Crippen MR) is 110 cm³/mol. The monoisotopic (exact) mass is 377 g/mol. The standard InChI is InChI=1S/C23H27N3O2/c1-18-7-2-3-10-21(18)23(28)11-5-13-26(14-6-12-23)22(27)17-25-20-9-4-8-19(15-20)16-24/h2-4,7-10,15,25,28H,5-6,11-14,17H2,1H3. The van der Waals surface area contributed by atoms with E-state index in [4.69, 9.17) is 5.26 Å². The molecule has 0 aliphatic carbocycles. The lowest BCUT2D eigenvalue weighted by Crippen LogP contribution is -2.40. The summed E-state index contributed by atoms with van der Waals surface area (Å²) in [6.07, 6.45) is 2.83. The average Bonchev–Trinajstić information content (AvgIpc) is 2.69. The third-order valence-corrected chi connectivity index (χ3v) is 5.47. The zero-order valence-electron chi connectivity index (χ0n) is 16.3. The number of rotatable bonds is 4. The molecule has 1 heterocycles. The molecule has 146 valence electrons. The van der Waals surface area contributed by atoms with Gasteiger partial charge in [-0.25, -0.2) is 0 Å². The van der Waals surface area contributed by atoms with Crippen LogP contribution in [-0.4, -0.2) is 35.5 Å². The molecule has 0 saturated carbocycles. The van der Waals surface area contributed by atoms with Crippen molar-refractivity contribution in [3.05, 3.63) is 65.2 Å². The molecule has 0 radical (unpaired) electrons. The van der Waals surface area contributed by atoms with Crippen LogP contribution in [0.5, 0.6) is 0 Å². The number of aryl methyl sites for hydroxylation is 1. The van der Waals surface area contributed by atoms with Crippen molar-refractivity contribution >= 4 is 11.6 Å². The third kappa shape index (κ3) is 4.71. The molecule has 2 N–H and O–H groups in total. The van der Waals surface area contributed by atoms with E-state index >= 15 is 0 Å². The van der Waals surface area contributed by atoms with Gasteiger partial charge in [0.25, 0.3) is 0 Å². The number of hydrogen-bond donors (Lipinski definition) is 2. The Hall–Kier alpha value is -2.84. The van der Waals surface area contributed by atoms with Gasteiger partial charge in [0, 0.05) is 18.8 Å². The summed E-state index contributed by atoms with van der Waals surface area (Å²) in [6, 6.07) is 17.2. The summed E-state index contributed by atoms with van der Waals surface area (Å²) < 4.78 is 0. The Kier molecular flexibility index (Phi) is 6.33. The average molecular weight is 377 g/mol. The number of anilines is 1. The molecule has 1 aliphatic rings. The summed E-state index contributed by atoms with van der Waals surface area (Å²) in [5, 5.41) is 23.3. The second kappa shape index (κ2) is 8.90. The Morgan fingerprint density at radius 3 is 2.57 bits per heavy atom. The number of likely N-dealkylation sites (tertiary alicyclic amines) is 1. The summed E-state index contributed by atoms with van der Waals surface area (Å²) in [6.45, 7) is 3.53. The van der Waals surface area contributed by atoms with Crippen LogP contribution in [0, 0.1) is 18.3 Å². The fraction of sp³-hybridized carbons (Fsp3) is 0.391. The van der Waals surface area contributed by atoms with Crippen molar-refractivity contribution in [1.29, 1.82) is 5.26 Å². The zero-order chi connectivity index (χ0) is 20.0. The Bertz CT molecular complexity index is 862. The van der Waals surface area contributed by atoms with Crippen molar-refractivity contribution in [3.63, 3.8) is 0 Å². The van der Waals surface area contributed by atoms with Gasteiger partial charge >= 0.3 is 0 Å². The van der Waals surface area contributed by atoms with Crippen molar-refractivity contribution < 1.29 is 9.90 Å². The molecule has 0 atom stereocenters. The highest BCUT2D eigenvalue weighted by Gasteiger charge is 2.32. The maximum Gasteiger partial charge on any atom is 0.241 e. The van der Waals surface area contributed by atoms with Crippen molar-refractivity contribution in [2.45, 2.75) is 38.2 Å². The van der Waals surface area contributed by atoms with Gasteiger partial charge in [-0.2, -0.15) is 5.26 Å². The van der Waals surface area contributed by atoms with Gasteiger partial charge in [0.1, 0.15) is 0 Å². The molecule has 5 heteroatoms. The highest BCUT2D eigenvalue weighted by atomic mass is 16.3. The first-order valence-corrected chi connectivity index (χ1v) is 9.82. The van der Waals surface area contributed by atoms with E-state index in [1.165, 1.54) is 0 Å². The minimum Gasteiger partial charge on any atom is -0.385 e. The lowest BCUT2D eigenvalue weighted by molar-refractivity contribution is -0.130. The summed E-state index contributed by atoms with van der Waals surface area (Å²) in [5.41, 5.74) is 2.65. The van der Waals surface area contributed by atoms with E-state index in [9.17, 15) is 9.90 Å². The molecule has 2 aromatic rings. The Morgan fingerprint density at radius 1 is 1.18 bits per heavy atom. The van der Waals surface area contributed by atoms with Crippen LogP contribution >= 0.6 is 0 Å². The van der Waals surface area contributed by atoms with E-state index in [1.54, 1.807) is 18.2 Å². The molecule has 2 aromatic carbocycles. The molecule has 5 nitrogen and oxygen atoms in total. The van der Waals surface area contributed by atoms with E-state index in [-0.39, 0.29) is 12.5 Å². The number of benzene rings is 2. The molecule has 0 bridgehead atoms. The topological polar surface area (TPSA) is 76.4 Å². The van der Waals surface area contributed by atoms with Crippen LogP contribution in [-0.2, 0) is 10.4 Å². The van der Waals surface area contributed by atoms with Crippen LogP contribution in [0.2, 0.25) is 0 Å². The molecule has 3 rings (SSSR count). The molecular formula is C23H27N3O2. The summed E-state index contributed by atoms with van der Waals surface area (Å²) >= 11 is 0. The summed E-state index contributed by atoms with van der Waals surface area (Å²) in [4.78, 5) is 14.5. The van der Waals surface area contributed by atoms with Crippen LogP contribution < -0.4 is 5.32 Å². The number of nitrogens with one attached hydrogen (secondary N) is 1. The number of aliphatic hydroxyl groups is 1. The lowest BCUT2D eigenvalue weighted by atomic mass is 9.82. The van der Waals surface area contributed by atoms with Crippen molar-refractivity contribution in [2.24, 2.45) is 0 Å². The van der Waals surface area contributed by atoms with Gasteiger partial charge in [-0.15, -0.1) is 0 Å². The maximum atomic E-state index is 12.6. The highest BCUT2D eigenvalue weighted by Crippen LogP contribution is 2.34. The van der Waals surface area contributed by atoms with Crippen LogP contribution in [0.3, 0.4) is 0 Å². The number of hydrogen-bond acceptors (Lipinski definition) is 4. The van der Waals surface area contributed by atoms with E-state index in [0.717, 1.165) is 29.7 Å². The van der Waals surface area contributed by atoms with Crippen LogP contribution in [0.25, 0.3) is 0 Å². The van der Waals surface area contributed by atoms with Gasteiger partial charge < -0.3 is 15.3 Å². The Morgan fingerprint density at radius 2 is 1.89 bits per heavy atom. The largest absolute Gasteiger partial charge is 0.385 e. The summed E-state index contributed by atoms with van der Waals surface area (Å²) in [5.74, 6) is 0.0451. The Balaban J connectivity index is 1.56. The fourth-order valence-electron chi connectivity index (χ4n) is 3.96. The van der Waals surface area contributed by atoms with Gasteiger partial charge in [0.15, 0.2) is 0 Å². The third-order valence-electron chi connectivity index (χ3n) is 5.47. The molecule has 1 aliphatic heterocycles. The highest BCUT2D eigenvalue weighted by molar-refractivity contribution is 5.81. The number of amides is 1. The van der Waals surface area contributed by atoms with Crippen molar-refractivity contribution in [2.75, 3.05) is 25.0 Å². The van der Waals surface area contributed by atoms with E-state index in [1.807, 2.05) is 42.2 Å².